The van der Waals surface area contributed by atoms with Gasteiger partial charge in [-0.1, -0.05) is 66.3 Å². The second kappa shape index (κ2) is 5.82. The van der Waals surface area contributed by atoms with Gasteiger partial charge in [0.15, 0.2) is 0 Å². The largest absolute Gasteiger partial charge is 0.299 e. The van der Waals surface area contributed by atoms with Crippen molar-refractivity contribution in [2.24, 2.45) is 5.92 Å². The molecule has 5 rings (SSSR count). The Labute approximate surface area is 156 Å². The van der Waals surface area contributed by atoms with Crippen molar-refractivity contribution >= 4 is 5.57 Å². The molecule has 1 heterocycles. The fourth-order valence-electron chi connectivity index (χ4n) is 5.15. The molecule has 1 saturated heterocycles. The van der Waals surface area contributed by atoms with Crippen LogP contribution >= 0.6 is 0 Å². The van der Waals surface area contributed by atoms with E-state index in [0.29, 0.717) is 18.0 Å². The maximum atomic E-state index is 3.94. The highest BCUT2D eigenvalue weighted by molar-refractivity contribution is 5.88. The van der Waals surface area contributed by atoms with Crippen LogP contribution in [0.2, 0.25) is 0 Å². The molecule has 1 aromatic rings. The summed E-state index contributed by atoms with van der Waals surface area (Å²) in [6.45, 7) is 6.83. The molecule has 4 aliphatic rings. The fourth-order valence-corrected chi connectivity index (χ4v) is 5.15. The predicted molar refractivity (Wildman–Crippen MR) is 110 cm³/mol. The summed E-state index contributed by atoms with van der Waals surface area (Å²) >= 11 is 0. The summed E-state index contributed by atoms with van der Waals surface area (Å²) in [4.78, 5) is 0. The van der Waals surface area contributed by atoms with Gasteiger partial charge in [0.2, 0.25) is 0 Å². The molecule has 26 heavy (non-hydrogen) atoms. The monoisotopic (exact) mass is 339 g/mol. The first kappa shape index (κ1) is 15.8. The summed E-state index contributed by atoms with van der Waals surface area (Å²) in [6.07, 6.45) is 12.7. The summed E-state index contributed by atoms with van der Waals surface area (Å²) in [5.41, 5.74) is 11.7. The maximum absolute atomic E-state index is 3.94. The van der Waals surface area contributed by atoms with Gasteiger partial charge in [0.25, 0.3) is 0 Å². The lowest BCUT2D eigenvalue weighted by Crippen LogP contribution is -2.32. The maximum Gasteiger partial charge on any atom is 0.0519 e. The van der Waals surface area contributed by atoms with Gasteiger partial charge in [0, 0.05) is 12.0 Å². The number of fused-ring (bicyclic) bond motifs is 3. The van der Waals surface area contributed by atoms with Gasteiger partial charge in [-0.25, -0.2) is 0 Å². The number of allylic oxidation sites excluding steroid dienone is 8. The number of nitrogens with one attached hydrogen (secondary N) is 1. The molecular weight excluding hydrogens is 314 g/mol. The van der Waals surface area contributed by atoms with Gasteiger partial charge in [-0.3, -0.25) is 5.32 Å². The molecule has 3 unspecified atom stereocenters. The van der Waals surface area contributed by atoms with Gasteiger partial charge in [-0.15, -0.1) is 0 Å². The van der Waals surface area contributed by atoms with Gasteiger partial charge in [0.1, 0.15) is 0 Å². The molecule has 0 spiro atoms. The smallest absolute Gasteiger partial charge is 0.0519 e. The van der Waals surface area contributed by atoms with Crippen LogP contribution in [-0.2, 0) is 0 Å². The Hall–Kier alpha value is -2.38. The summed E-state index contributed by atoms with van der Waals surface area (Å²) in [5, 5.41) is 3.94. The molecule has 0 saturated carbocycles. The van der Waals surface area contributed by atoms with E-state index < -0.39 is 0 Å². The molecule has 3 aliphatic carbocycles. The van der Waals surface area contributed by atoms with E-state index in [1.54, 1.807) is 5.57 Å². The number of hydrogen-bond acceptors (Lipinski definition) is 1. The molecule has 0 radical (unpaired) electrons. The van der Waals surface area contributed by atoms with E-state index >= 15 is 0 Å². The van der Waals surface area contributed by atoms with Crippen molar-refractivity contribution in [3.8, 4) is 0 Å². The average Bonchev–Trinajstić information content (AvgIpc) is 3.34. The first-order chi connectivity index (χ1) is 12.6. The molecule has 3 atom stereocenters. The molecule has 130 valence electrons. The fraction of sp³-hybridized carbons (Fsp3) is 0.280. The predicted octanol–water partition coefficient (Wildman–Crippen LogP) is 5.52. The molecule has 1 fully saturated rings. The first-order valence-electron chi connectivity index (χ1n) is 9.64. The van der Waals surface area contributed by atoms with Crippen LogP contribution < -0.4 is 5.32 Å². The zero-order valence-corrected chi connectivity index (χ0v) is 15.7. The highest BCUT2D eigenvalue weighted by Gasteiger charge is 2.46. The third kappa shape index (κ3) is 2.20. The van der Waals surface area contributed by atoms with E-state index in [4.69, 9.17) is 0 Å². The Morgan fingerprint density at radius 3 is 2.58 bits per heavy atom. The zero-order valence-electron chi connectivity index (χ0n) is 15.7. The van der Waals surface area contributed by atoms with Crippen molar-refractivity contribution in [2.45, 2.75) is 39.3 Å². The van der Waals surface area contributed by atoms with E-state index in [0.717, 1.165) is 6.42 Å². The van der Waals surface area contributed by atoms with Gasteiger partial charge >= 0.3 is 0 Å². The van der Waals surface area contributed by atoms with E-state index in [1.165, 1.54) is 39.0 Å². The van der Waals surface area contributed by atoms with Crippen molar-refractivity contribution < 1.29 is 0 Å². The van der Waals surface area contributed by atoms with Crippen LogP contribution in [-0.4, -0.2) is 12.1 Å². The van der Waals surface area contributed by atoms with Crippen LogP contribution in [0.15, 0.2) is 94.2 Å². The Kier molecular flexibility index (Phi) is 3.55. The Balaban J connectivity index is 1.70. The normalized spacial score (nSPS) is 29.7. The molecule has 1 nitrogen and oxygen atoms in total. The van der Waals surface area contributed by atoms with Crippen LogP contribution in [0, 0.1) is 5.92 Å². The molecule has 1 N–H and O–H groups in total. The van der Waals surface area contributed by atoms with Crippen molar-refractivity contribution in [1.29, 1.82) is 0 Å². The Morgan fingerprint density at radius 1 is 1.04 bits per heavy atom. The highest BCUT2D eigenvalue weighted by atomic mass is 15.0. The van der Waals surface area contributed by atoms with Crippen LogP contribution in [0.25, 0.3) is 5.57 Å². The summed E-state index contributed by atoms with van der Waals surface area (Å²) < 4.78 is 0. The number of hydrogen-bond donors (Lipinski definition) is 1. The Bertz CT molecular complexity index is 963. The molecular formula is C25H25N. The lowest BCUT2D eigenvalue weighted by Gasteiger charge is -2.28. The third-order valence-electron chi connectivity index (χ3n) is 6.42. The number of benzene rings is 1. The van der Waals surface area contributed by atoms with Crippen LogP contribution in [0.4, 0.5) is 0 Å². The van der Waals surface area contributed by atoms with Crippen LogP contribution in [0.3, 0.4) is 0 Å². The average molecular weight is 339 g/mol. The van der Waals surface area contributed by atoms with Crippen molar-refractivity contribution in [2.75, 3.05) is 0 Å². The Morgan fingerprint density at radius 2 is 1.85 bits per heavy atom. The van der Waals surface area contributed by atoms with E-state index in [2.05, 4.69) is 86.8 Å². The number of rotatable bonds is 2. The standard InChI is InChI=1S/C25H25N/c1-15-13-20(18-9-7-8-10-18)23-21(14-15)26-25-17(3)16(2)22(24(23)25)19-11-5-4-6-12-19/h4-9,11-14,21,23,25-26H,10H2,1-3H3. The molecule has 0 amide bonds. The topological polar surface area (TPSA) is 12.0 Å². The highest BCUT2D eigenvalue weighted by Crippen LogP contribution is 2.51. The van der Waals surface area contributed by atoms with Gasteiger partial charge in [0.05, 0.1) is 6.04 Å². The van der Waals surface area contributed by atoms with Gasteiger partial charge < -0.3 is 0 Å². The van der Waals surface area contributed by atoms with Crippen LogP contribution in [0.5, 0.6) is 0 Å². The lowest BCUT2D eigenvalue weighted by atomic mass is 9.76. The molecule has 1 aliphatic heterocycles. The van der Waals surface area contributed by atoms with E-state index in [1.807, 2.05) is 0 Å². The quantitative estimate of drug-likeness (QED) is 0.748. The van der Waals surface area contributed by atoms with Gasteiger partial charge in [-0.2, -0.15) is 0 Å². The molecule has 1 heteroatoms. The van der Waals surface area contributed by atoms with E-state index in [-0.39, 0.29) is 0 Å². The van der Waals surface area contributed by atoms with E-state index in [9.17, 15) is 0 Å². The summed E-state index contributed by atoms with van der Waals surface area (Å²) in [5.74, 6) is 0.442. The van der Waals surface area contributed by atoms with Crippen molar-refractivity contribution in [3.63, 3.8) is 0 Å². The molecule has 0 aromatic heterocycles. The lowest BCUT2D eigenvalue weighted by molar-refractivity contribution is 0.592. The summed E-state index contributed by atoms with van der Waals surface area (Å²) in [6, 6.07) is 11.7. The molecule has 1 aromatic carbocycles. The SMILES string of the molecule is CC1=CC2NC3C(C)=C(C)C(c4ccccc4)=C3C2C(C2=CC=CC2)=C1. The summed E-state index contributed by atoms with van der Waals surface area (Å²) in [7, 11) is 0. The van der Waals surface area contributed by atoms with Gasteiger partial charge in [-0.05, 0) is 66.2 Å². The molecule has 0 bridgehead atoms. The minimum absolute atomic E-state index is 0.376. The first-order valence-corrected chi connectivity index (χ1v) is 9.64. The van der Waals surface area contributed by atoms with Crippen LogP contribution in [0.1, 0.15) is 32.8 Å². The minimum atomic E-state index is 0.376. The third-order valence-corrected chi connectivity index (χ3v) is 6.42. The zero-order chi connectivity index (χ0) is 17.8. The van der Waals surface area contributed by atoms with Crippen molar-refractivity contribution in [1.82, 2.24) is 5.32 Å². The second-order valence-electron chi connectivity index (χ2n) is 7.94. The van der Waals surface area contributed by atoms with Crippen molar-refractivity contribution in [3.05, 3.63) is 99.7 Å². The second-order valence-corrected chi connectivity index (χ2v) is 7.94. The minimum Gasteiger partial charge on any atom is -0.299 e.